The van der Waals surface area contributed by atoms with Crippen LogP contribution in [0.2, 0.25) is 0 Å². The van der Waals surface area contributed by atoms with Gasteiger partial charge in [0.1, 0.15) is 0 Å². The maximum atomic E-state index is 5.63. The van der Waals surface area contributed by atoms with Gasteiger partial charge in [-0.3, -0.25) is 9.97 Å². The van der Waals surface area contributed by atoms with Crippen LogP contribution < -0.4 is 0 Å². The van der Waals surface area contributed by atoms with Crippen molar-refractivity contribution >= 4 is 0 Å². The van der Waals surface area contributed by atoms with E-state index in [0.29, 0.717) is 71.0 Å². The maximum Gasteiger partial charge on any atom is 0.0886 e. The van der Waals surface area contributed by atoms with Crippen LogP contribution in [0, 0.1) is 0 Å². The Morgan fingerprint density at radius 1 is 0.186 bits per heavy atom. The second kappa shape index (κ2) is 26.5. The smallest absolute Gasteiger partial charge is 0.0886 e. The highest BCUT2D eigenvalue weighted by molar-refractivity contribution is 5.68. The summed E-state index contributed by atoms with van der Waals surface area (Å²) in [7, 11) is 0. The molecule has 0 bridgehead atoms. The summed E-state index contributed by atoms with van der Waals surface area (Å²) in [5.74, 6) is 4.05. The molecule has 0 N–H and O–H groups in total. The van der Waals surface area contributed by atoms with Crippen molar-refractivity contribution in [2.24, 2.45) is 0 Å². The van der Waals surface area contributed by atoms with E-state index in [4.69, 9.17) is 9.97 Å². The van der Waals surface area contributed by atoms with Gasteiger partial charge in [-0.2, -0.15) is 0 Å². The lowest BCUT2D eigenvalue weighted by Crippen LogP contribution is -2.33. The summed E-state index contributed by atoms with van der Waals surface area (Å²) in [6, 6.07) is 54.5. The molecule has 0 aliphatic carbocycles. The van der Waals surface area contributed by atoms with Gasteiger partial charge in [-0.15, -0.1) is 0 Å². The lowest BCUT2D eigenvalue weighted by molar-refractivity contribution is 0.707. The molecular formula is C84H108N2. The minimum Gasteiger partial charge on any atom is -0.254 e. The molecule has 0 aliphatic rings. The van der Waals surface area contributed by atoms with Crippen LogP contribution in [0.1, 0.15) is 348 Å². The van der Waals surface area contributed by atoms with Crippen molar-refractivity contribution in [3.05, 3.63) is 257 Å². The molecule has 2 nitrogen and oxygen atoms in total. The first-order valence-corrected chi connectivity index (χ1v) is 33.3. The molecular weight excluding hydrogens is 1040 g/mol. The quantitative estimate of drug-likeness (QED) is 0.0670. The van der Waals surface area contributed by atoms with Gasteiger partial charge in [-0.25, -0.2) is 0 Å². The van der Waals surface area contributed by atoms with Gasteiger partial charge in [-0.1, -0.05) is 287 Å². The van der Waals surface area contributed by atoms with Gasteiger partial charge in [0.15, 0.2) is 0 Å². The largest absolute Gasteiger partial charge is 0.254 e. The van der Waals surface area contributed by atoms with E-state index in [2.05, 4.69) is 312 Å². The van der Waals surface area contributed by atoms with Crippen LogP contribution in [-0.2, 0) is 10.8 Å². The Morgan fingerprint density at radius 3 is 0.430 bits per heavy atom. The highest BCUT2D eigenvalue weighted by atomic mass is 14.8. The van der Waals surface area contributed by atoms with E-state index in [1.807, 2.05) is 0 Å². The topological polar surface area (TPSA) is 25.8 Å². The second-order valence-electron chi connectivity index (χ2n) is 29.6. The van der Waals surface area contributed by atoms with Gasteiger partial charge in [0.25, 0.3) is 0 Å². The van der Waals surface area contributed by atoms with E-state index < -0.39 is 10.8 Å². The SMILES string of the molecule is CC(C)c1cc(C(C)C)cc(C(c2ccc(-c3ccc(C(c4cc(C(C)C)cc(C(C)C)c4)(c4cc(C(C)C)cc(C(C)C)c4)c4cc(C(C)C)cc(C(C)C)c4)cn3)nc2)(c2cc(C(C)C)cc(C(C)C)c2)c2cc(C(C)C)cc(C(C)C)c2)c1. The van der Waals surface area contributed by atoms with E-state index in [9.17, 15) is 0 Å². The number of hydrogen-bond acceptors (Lipinski definition) is 2. The summed E-state index contributed by atoms with van der Waals surface area (Å²) < 4.78 is 0. The molecule has 0 spiro atoms. The first-order valence-electron chi connectivity index (χ1n) is 33.3. The van der Waals surface area contributed by atoms with Crippen molar-refractivity contribution in [3.8, 4) is 11.4 Å². The van der Waals surface area contributed by atoms with Gasteiger partial charge in [0.2, 0.25) is 0 Å². The van der Waals surface area contributed by atoms with Gasteiger partial charge >= 0.3 is 0 Å². The van der Waals surface area contributed by atoms with Crippen LogP contribution in [0.5, 0.6) is 0 Å². The lowest BCUT2D eigenvalue weighted by Gasteiger charge is -2.39. The third-order valence-electron chi connectivity index (χ3n) is 19.1. The Balaban J connectivity index is 1.48. The maximum absolute atomic E-state index is 5.63. The summed E-state index contributed by atoms with van der Waals surface area (Å²) in [5.41, 5.74) is 26.6. The Kier molecular flexibility index (Phi) is 20.2. The minimum atomic E-state index is -0.724. The van der Waals surface area contributed by atoms with Crippen molar-refractivity contribution in [2.75, 3.05) is 0 Å². The highest BCUT2D eigenvalue weighted by Gasteiger charge is 2.43. The summed E-state index contributed by atoms with van der Waals surface area (Å²) in [5, 5.41) is 0. The zero-order chi connectivity index (χ0) is 63.0. The number of nitrogens with zero attached hydrogens (tertiary/aromatic N) is 2. The average Bonchev–Trinajstić information content (AvgIpc) is 0.861. The predicted molar refractivity (Wildman–Crippen MR) is 373 cm³/mol. The molecule has 8 rings (SSSR count). The molecule has 86 heavy (non-hydrogen) atoms. The Hall–Kier alpha value is -6.38. The zero-order valence-corrected chi connectivity index (χ0v) is 57.7. The lowest BCUT2D eigenvalue weighted by atomic mass is 9.63. The minimum absolute atomic E-state index is 0.337. The van der Waals surface area contributed by atoms with Gasteiger partial charge in [-0.05, 0) is 194 Å². The number of benzene rings is 6. The molecule has 8 aromatic rings. The third-order valence-corrected chi connectivity index (χ3v) is 19.1. The van der Waals surface area contributed by atoms with E-state index >= 15 is 0 Å². The first-order chi connectivity index (χ1) is 40.5. The molecule has 2 heterocycles. The van der Waals surface area contributed by atoms with Crippen LogP contribution >= 0.6 is 0 Å². The number of rotatable bonds is 21. The molecule has 0 saturated heterocycles. The number of aromatic nitrogens is 2. The van der Waals surface area contributed by atoms with E-state index in [1.165, 1.54) is 100 Å². The fraction of sp³-hybridized carbons (Fsp3) is 0.452. The van der Waals surface area contributed by atoms with Crippen molar-refractivity contribution in [3.63, 3.8) is 0 Å². The van der Waals surface area contributed by atoms with Crippen molar-refractivity contribution < 1.29 is 0 Å². The van der Waals surface area contributed by atoms with Gasteiger partial charge in [0.05, 0.1) is 22.2 Å². The second-order valence-corrected chi connectivity index (χ2v) is 29.6. The third kappa shape index (κ3) is 13.2. The fourth-order valence-corrected chi connectivity index (χ4v) is 12.9. The van der Waals surface area contributed by atoms with Crippen LogP contribution in [0.4, 0.5) is 0 Å². The molecule has 6 aromatic carbocycles. The van der Waals surface area contributed by atoms with Crippen molar-refractivity contribution in [1.29, 1.82) is 0 Å². The standard InChI is InChI=1S/C84H108N2/c1-49(2)61-29-62(50(3)4)36-75(35-61)83(76-37-63(51(5)6)30-64(38-76)52(7)8,77-39-65(53(9)10)31-66(40-77)54(11)12)73-25-27-81(85-47-73)82-28-26-74(48-86-82)84(78-41-67(55(13)14)32-68(42-78)56(15)16,79-43-69(57(17)18)33-70(44-79)58(19)20)80-45-71(59(21)22)34-72(46-80)60(23)24/h25-60H,1-24H3. The summed E-state index contributed by atoms with van der Waals surface area (Å²) in [6.07, 6.45) is 4.42. The van der Waals surface area contributed by atoms with Gasteiger partial charge in [0, 0.05) is 12.4 Å². The fourth-order valence-electron chi connectivity index (χ4n) is 12.9. The molecule has 0 atom stereocenters. The molecule has 454 valence electrons. The normalized spacial score (nSPS) is 12.7. The number of pyridine rings is 2. The van der Waals surface area contributed by atoms with Crippen molar-refractivity contribution in [2.45, 2.75) is 248 Å². The zero-order valence-electron chi connectivity index (χ0n) is 57.7. The Labute approximate surface area is 523 Å². The van der Waals surface area contributed by atoms with E-state index in [1.54, 1.807) is 0 Å². The predicted octanol–water partition coefficient (Wildman–Crippen LogP) is 24.4. The van der Waals surface area contributed by atoms with Crippen LogP contribution in [-0.4, -0.2) is 9.97 Å². The molecule has 0 fully saturated rings. The Bertz CT molecular complexity index is 2900. The molecule has 0 radical (unpaired) electrons. The average molecular weight is 1150 g/mol. The molecule has 2 heteroatoms. The molecule has 0 saturated carbocycles. The molecule has 0 aliphatic heterocycles. The summed E-state index contributed by atoms with van der Waals surface area (Å²) in [4.78, 5) is 11.3. The monoisotopic (exact) mass is 1140 g/mol. The van der Waals surface area contributed by atoms with Crippen LogP contribution in [0.25, 0.3) is 11.4 Å². The molecule has 2 aromatic heterocycles. The summed E-state index contributed by atoms with van der Waals surface area (Å²) >= 11 is 0. The van der Waals surface area contributed by atoms with Crippen LogP contribution in [0.3, 0.4) is 0 Å². The Morgan fingerprint density at radius 2 is 0.326 bits per heavy atom. The van der Waals surface area contributed by atoms with E-state index in [-0.39, 0.29) is 0 Å². The number of hydrogen-bond donors (Lipinski definition) is 0. The van der Waals surface area contributed by atoms with Crippen molar-refractivity contribution in [1.82, 2.24) is 9.97 Å². The molecule has 0 unspecified atom stereocenters. The first kappa shape index (κ1) is 65.6. The van der Waals surface area contributed by atoms with E-state index in [0.717, 1.165) is 22.5 Å². The van der Waals surface area contributed by atoms with Crippen LogP contribution in [0.15, 0.2) is 146 Å². The summed E-state index contributed by atoms with van der Waals surface area (Å²) in [6.45, 7) is 56.3. The van der Waals surface area contributed by atoms with Gasteiger partial charge < -0.3 is 0 Å². The highest BCUT2D eigenvalue weighted by Crippen LogP contribution is 2.52. The molecule has 0 amide bonds.